The Morgan fingerprint density at radius 1 is 1.43 bits per heavy atom. The third kappa shape index (κ3) is 2.34. The summed E-state index contributed by atoms with van der Waals surface area (Å²) < 4.78 is 0. The van der Waals surface area contributed by atoms with Gasteiger partial charge in [-0.15, -0.1) is 0 Å². The van der Waals surface area contributed by atoms with Gasteiger partial charge >= 0.3 is 0 Å². The number of rotatable bonds is 2. The van der Waals surface area contributed by atoms with Gasteiger partial charge in [0.25, 0.3) is 5.91 Å². The fraction of sp³-hybridized carbons (Fsp3) is 0.333. The van der Waals surface area contributed by atoms with Gasteiger partial charge in [-0.1, -0.05) is 12.1 Å². The zero-order valence-corrected chi connectivity index (χ0v) is 8.95. The lowest BCUT2D eigenvalue weighted by Gasteiger charge is -2.21. The highest BCUT2D eigenvalue weighted by Crippen LogP contribution is 2.08. The number of hydrogen-bond donors (Lipinski definition) is 0. The van der Waals surface area contributed by atoms with E-state index in [1.54, 1.807) is 11.0 Å². The molecule has 0 N–H and O–H groups in total. The van der Waals surface area contributed by atoms with Crippen molar-refractivity contribution in [3.63, 3.8) is 0 Å². The van der Waals surface area contributed by atoms with Crippen LogP contribution in [0.1, 0.15) is 29.8 Å². The van der Waals surface area contributed by atoms with Crippen LogP contribution in [0.4, 0.5) is 0 Å². The fourth-order valence-electron chi connectivity index (χ4n) is 1.14. The van der Waals surface area contributed by atoms with Crippen molar-refractivity contribution >= 4 is 5.91 Å². The van der Waals surface area contributed by atoms with Crippen LogP contribution in [0.15, 0.2) is 24.3 Å². The highest BCUT2D eigenvalue weighted by molar-refractivity contribution is 5.94. The van der Waals surface area contributed by atoms with Crippen LogP contribution >= 0.6 is 0 Å². The molecule has 0 aliphatic carbocycles. The van der Waals surface area contributed by atoms with E-state index in [4.69, 9.17) is 0 Å². The minimum atomic E-state index is 0.0468. The van der Waals surface area contributed by atoms with Crippen LogP contribution in [0, 0.1) is 6.92 Å². The molecule has 0 atom stereocenters. The summed E-state index contributed by atoms with van der Waals surface area (Å²) in [4.78, 5) is 13.6. The summed E-state index contributed by atoms with van der Waals surface area (Å²) in [6.45, 7) is 7.78. The van der Waals surface area contributed by atoms with Gasteiger partial charge in [0, 0.05) is 18.7 Å². The Labute approximate surface area is 85.5 Å². The first-order valence-electron chi connectivity index (χ1n) is 4.71. The summed E-state index contributed by atoms with van der Waals surface area (Å²) in [6, 6.07) is 7.57. The smallest absolute Gasteiger partial charge is 0.253 e. The van der Waals surface area contributed by atoms with Gasteiger partial charge in [0.15, 0.2) is 0 Å². The number of nitrogens with zero attached hydrogens (tertiary/aromatic N) is 1. The van der Waals surface area contributed by atoms with E-state index < -0.39 is 0 Å². The average molecular weight is 190 g/mol. The molecule has 0 unspecified atom stereocenters. The average Bonchev–Trinajstić information content (AvgIpc) is 2.15. The van der Waals surface area contributed by atoms with E-state index >= 15 is 0 Å². The van der Waals surface area contributed by atoms with Crippen LogP contribution in [0.3, 0.4) is 0 Å². The lowest BCUT2D eigenvalue weighted by molar-refractivity contribution is 0.0755. The van der Waals surface area contributed by atoms with E-state index in [9.17, 15) is 4.79 Å². The zero-order chi connectivity index (χ0) is 10.7. The lowest BCUT2D eigenvalue weighted by Crippen LogP contribution is -2.32. The van der Waals surface area contributed by atoms with Crippen molar-refractivity contribution in [2.45, 2.75) is 19.9 Å². The summed E-state index contributed by atoms with van der Waals surface area (Å²) in [6.07, 6.45) is 0. The summed E-state index contributed by atoms with van der Waals surface area (Å²) in [5.41, 5.74) is 1.57. The fourth-order valence-corrected chi connectivity index (χ4v) is 1.14. The summed E-state index contributed by atoms with van der Waals surface area (Å²) >= 11 is 0. The monoisotopic (exact) mass is 190 g/mol. The van der Waals surface area contributed by atoms with Gasteiger partial charge < -0.3 is 4.90 Å². The maximum atomic E-state index is 11.8. The Morgan fingerprint density at radius 3 is 2.57 bits per heavy atom. The van der Waals surface area contributed by atoms with E-state index in [0.717, 1.165) is 5.56 Å². The highest BCUT2D eigenvalue weighted by Gasteiger charge is 2.13. The molecule has 1 rings (SSSR count). The maximum absolute atomic E-state index is 11.8. The summed E-state index contributed by atoms with van der Waals surface area (Å²) in [7, 11) is 1.81. The topological polar surface area (TPSA) is 20.3 Å². The SMILES string of the molecule is [CH2]c1cccc(C(=O)N(C)C(C)C)c1. The van der Waals surface area contributed by atoms with E-state index in [0.29, 0.717) is 5.56 Å². The predicted molar refractivity (Wildman–Crippen MR) is 58.1 cm³/mol. The Kier molecular flexibility index (Phi) is 3.28. The minimum absolute atomic E-state index is 0.0468. The quantitative estimate of drug-likeness (QED) is 0.701. The molecule has 1 aromatic carbocycles. The number of hydrogen-bond acceptors (Lipinski definition) is 1. The van der Waals surface area contributed by atoms with Gasteiger partial charge in [0.05, 0.1) is 0 Å². The molecule has 1 aromatic rings. The Balaban J connectivity index is 2.89. The van der Waals surface area contributed by atoms with Crippen molar-refractivity contribution < 1.29 is 4.79 Å². The Hall–Kier alpha value is -1.31. The molecule has 1 amide bonds. The second-order valence-electron chi connectivity index (χ2n) is 3.71. The molecular weight excluding hydrogens is 174 g/mol. The molecule has 0 heterocycles. The van der Waals surface area contributed by atoms with Gasteiger partial charge in [-0.05, 0) is 38.5 Å². The van der Waals surface area contributed by atoms with E-state index in [2.05, 4.69) is 6.92 Å². The summed E-state index contributed by atoms with van der Waals surface area (Å²) in [5, 5.41) is 0. The Bertz CT molecular complexity index is 331. The minimum Gasteiger partial charge on any atom is -0.339 e. The molecule has 0 saturated heterocycles. The molecule has 75 valence electrons. The molecule has 0 spiro atoms. The molecule has 0 aliphatic rings. The van der Waals surface area contributed by atoms with Gasteiger partial charge in [-0.3, -0.25) is 4.79 Å². The van der Waals surface area contributed by atoms with Crippen molar-refractivity contribution in [2.24, 2.45) is 0 Å². The highest BCUT2D eigenvalue weighted by atomic mass is 16.2. The zero-order valence-electron chi connectivity index (χ0n) is 8.95. The van der Waals surface area contributed by atoms with Crippen molar-refractivity contribution in [3.8, 4) is 0 Å². The number of carbonyl (C=O) groups excluding carboxylic acids is 1. The molecule has 0 bridgehead atoms. The first kappa shape index (κ1) is 10.8. The number of benzene rings is 1. The van der Waals surface area contributed by atoms with Crippen LogP contribution in [0.2, 0.25) is 0 Å². The van der Waals surface area contributed by atoms with Gasteiger partial charge in [-0.25, -0.2) is 0 Å². The van der Waals surface area contributed by atoms with Crippen molar-refractivity contribution in [3.05, 3.63) is 42.3 Å². The second kappa shape index (κ2) is 4.27. The third-order valence-corrected chi connectivity index (χ3v) is 2.27. The standard InChI is InChI=1S/C12H16NO/c1-9(2)13(4)12(14)11-7-5-6-10(3)8-11/h5-9H,3H2,1-2,4H3. The maximum Gasteiger partial charge on any atom is 0.253 e. The second-order valence-corrected chi connectivity index (χ2v) is 3.71. The van der Waals surface area contributed by atoms with E-state index in [-0.39, 0.29) is 11.9 Å². The van der Waals surface area contributed by atoms with Crippen molar-refractivity contribution in [2.75, 3.05) is 7.05 Å². The first-order valence-corrected chi connectivity index (χ1v) is 4.71. The molecule has 1 radical (unpaired) electrons. The normalized spacial score (nSPS) is 10.4. The van der Waals surface area contributed by atoms with Crippen molar-refractivity contribution in [1.29, 1.82) is 0 Å². The molecule has 0 aliphatic heterocycles. The van der Waals surface area contributed by atoms with E-state index in [1.165, 1.54) is 0 Å². The summed E-state index contributed by atoms with van der Waals surface area (Å²) in [5.74, 6) is 0.0468. The molecule has 2 heteroatoms. The van der Waals surface area contributed by atoms with Gasteiger partial charge in [0.2, 0.25) is 0 Å². The van der Waals surface area contributed by atoms with Crippen LogP contribution in [0.25, 0.3) is 0 Å². The molecule has 0 fully saturated rings. The van der Waals surface area contributed by atoms with Crippen molar-refractivity contribution in [1.82, 2.24) is 4.90 Å². The van der Waals surface area contributed by atoms with Gasteiger partial charge in [-0.2, -0.15) is 0 Å². The van der Waals surface area contributed by atoms with Crippen LogP contribution in [-0.4, -0.2) is 23.9 Å². The van der Waals surface area contributed by atoms with Crippen LogP contribution in [0.5, 0.6) is 0 Å². The lowest BCUT2D eigenvalue weighted by atomic mass is 10.1. The molecule has 2 nitrogen and oxygen atoms in total. The third-order valence-electron chi connectivity index (χ3n) is 2.27. The molecular formula is C12H16NO. The van der Waals surface area contributed by atoms with Gasteiger partial charge in [0.1, 0.15) is 0 Å². The van der Waals surface area contributed by atoms with Crippen LogP contribution in [-0.2, 0) is 0 Å². The first-order chi connectivity index (χ1) is 6.52. The molecule has 14 heavy (non-hydrogen) atoms. The van der Waals surface area contributed by atoms with E-state index in [1.807, 2.05) is 39.1 Å². The predicted octanol–water partition coefficient (Wildman–Crippen LogP) is 2.35. The molecule has 0 aromatic heterocycles. The largest absolute Gasteiger partial charge is 0.339 e. The Morgan fingerprint density at radius 2 is 2.07 bits per heavy atom. The van der Waals surface area contributed by atoms with Crippen LogP contribution < -0.4 is 0 Å². The number of amides is 1. The molecule has 0 saturated carbocycles. The number of carbonyl (C=O) groups is 1.